The molecule has 41 heavy (non-hydrogen) atoms. The third kappa shape index (κ3) is 9.93. The lowest BCUT2D eigenvalue weighted by molar-refractivity contribution is -0.154. The zero-order valence-electron chi connectivity index (χ0n) is 25.6. The van der Waals surface area contributed by atoms with Crippen molar-refractivity contribution in [1.82, 2.24) is 0 Å². The van der Waals surface area contributed by atoms with Gasteiger partial charge in [-0.2, -0.15) is 5.26 Å². The number of carbonyl (C=O) groups is 1. The predicted octanol–water partition coefficient (Wildman–Crippen LogP) is 7.48. The summed E-state index contributed by atoms with van der Waals surface area (Å²) in [5.74, 6) is 2.56. The molecule has 0 unspecified atom stereocenters. The van der Waals surface area contributed by atoms with E-state index in [1.165, 1.54) is 21.3 Å². The second-order valence-electron chi connectivity index (χ2n) is 10.3. The minimum absolute atomic E-state index is 0.110. The molecule has 2 aromatic carbocycles. The normalized spacial score (nSPS) is 11.4. The van der Waals surface area contributed by atoms with Crippen LogP contribution in [0.3, 0.4) is 0 Å². The quantitative estimate of drug-likeness (QED) is 0.0791. The molecule has 0 aliphatic heterocycles. The number of benzene rings is 2. The minimum Gasteiger partial charge on any atom is -0.493 e. The van der Waals surface area contributed by atoms with Gasteiger partial charge in [0.1, 0.15) is 0 Å². The molecule has 0 bridgehead atoms. The monoisotopic (exact) mass is 567 g/mol. The highest BCUT2D eigenvalue weighted by Gasteiger charge is 2.26. The number of hydrogen-bond acceptors (Lipinski definition) is 8. The Morgan fingerprint density at radius 2 is 1.39 bits per heavy atom. The van der Waals surface area contributed by atoms with Gasteiger partial charge in [-0.3, -0.25) is 4.79 Å². The molecule has 8 nitrogen and oxygen atoms in total. The van der Waals surface area contributed by atoms with Gasteiger partial charge in [-0.15, -0.1) is 0 Å². The SMILES string of the molecule is CCC(C)(C)C(=O)OCCCCCCCCOc1ccc(/C=C(\C#N)c2cc(OC)c(OC)c(OC)c2)cc1OC. The minimum atomic E-state index is -0.403. The summed E-state index contributed by atoms with van der Waals surface area (Å²) in [7, 11) is 6.21. The Kier molecular flexibility index (Phi) is 13.9. The number of rotatable bonds is 18. The van der Waals surface area contributed by atoms with Crippen LogP contribution in [0.15, 0.2) is 30.3 Å². The topological polar surface area (TPSA) is 96.2 Å². The number of hydrogen-bond donors (Lipinski definition) is 0. The highest BCUT2D eigenvalue weighted by molar-refractivity contribution is 5.91. The Hall–Kier alpha value is -3.86. The van der Waals surface area contributed by atoms with Crippen LogP contribution in [0, 0.1) is 16.7 Å². The molecule has 0 atom stereocenters. The molecule has 0 N–H and O–H groups in total. The van der Waals surface area contributed by atoms with Gasteiger partial charge < -0.3 is 28.4 Å². The number of nitrogens with zero attached hydrogens (tertiary/aromatic N) is 1. The van der Waals surface area contributed by atoms with Crippen LogP contribution in [0.2, 0.25) is 0 Å². The molecule has 0 aliphatic rings. The van der Waals surface area contributed by atoms with Crippen LogP contribution in [-0.4, -0.2) is 47.6 Å². The smallest absolute Gasteiger partial charge is 0.311 e. The van der Waals surface area contributed by atoms with Crippen molar-refractivity contribution in [2.45, 2.75) is 65.7 Å². The molecule has 224 valence electrons. The summed E-state index contributed by atoms with van der Waals surface area (Å²) in [6.07, 6.45) is 8.70. The molecular formula is C33H45NO7. The maximum absolute atomic E-state index is 12.0. The van der Waals surface area contributed by atoms with Gasteiger partial charge in [0.05, 0.1) is 58.7 Å². The number of unbranched alkanes of at least 4 members (excludes halogenated alkanes) is 5. The molecule has 8 heteroatoms. The van der Waals surface area contributed by atoms with Crippen molar-refractivity contribution >= 4 is 17.6 Å². The lowest BCUT2D eigenvalue weighted by atomic mass is 9.91. The van der Waals surface area contributed by atoms with E-state index in [9.17, 15) is 10.1 Å². The van der Waals surface area contributed by atoms with E-state index >= 15 is 0 Å². The number of esters is 1. The van der Waals surface area contributed by atoms with Crippen molar-refractivity contribution < 1.29 is 33.2 Å². The molecule has 0 aliphatic carbocycles. The van der Waals surface area contributed by atoms with Crippen LogP contribution in [0.25, 0.3) is 11.6 Å². The van der Waals surface area contributed by atoms with Gasteiger partial charge in [0.2, 0.25) is 5.75 Å². The van der Waals surface area contributed by atoms with Crippen LogP contribution in [0.1, 0.15) is 76.8 Å². The van der Waals surface area contributed by atoms with E-state index in [1.807, 2.05) is 39.0 Å². The first kappa shape index (κ1) is 33.3. The van der Waals surface area contributed by atoms with Crippen molar-refractivity contribution in [2.75, 3.05) is 41.7 Å². The Morgan fingerprint density at radius 3 is 1.93 bits per heavy atom. The molecule has 0 saturated heterocycles. The summed E-state index contributed by atoms with van der Waals surface area (Å²) in [4.78, 5) is 12.0. The van der Waals surface area contributed by atoms with Gasteiger partial charge in [-0.05, 0) is 74.6 Å². The Morgan fingerprint density at radius 1 is 0.805 bits per heavy atom. The zero-order chi connectivity index (χ0) is 30.3. The molecule has 2 rings (SSSR count). The number of allylic oxidation sites excluding steroid dienone is 1. The molecule has 0 heterocycles. The Balaban J connectivity index is 1.87. The average molecular weight is 568 g/mol. The number of ether oxygens (including phenoxy) is 6. The maximum atomic E-state index is 12.0. The second-order valence-corrected chi connectivity index (χ2v) is 10.3. The van der Waals surface area contributed by atoms with E-state index in [0.717, 1.165) is 50.5 Å². The fourth-order valence-corrected chi connectivity index (χ4v) is 4.07. The molecule has 2 aromatic rings. The van der Waals surface area contributed by atoms with Gasteiger partial charge >= 0.3 is 5.97 Å². The van der Waals surface area contributed by atoms with E-state index in [2.05, 4.69) is 6.07 Å². The van der Waals surface area contributed by atoms with E-state index in [0.29, 0.717) is 53.1 Å². The second kappa shape index (κ2) is 17.1. The van der Waals surface area contributed by atoms with Crippen molar-refractivity contribution in [3.63, 3.8) is 0 Å². The molecule has 0 spiro atoms. The van der Waals surface area contributed by atoms with Crippen molar-refractivity contribution in [3.05, 3.63) is 41.5 Å². The summed E-state index contributed by atoms with van der Waals surface area (Å²) >= 11 is 0. The Labute approximate surface area is 245 Å². The highest BCUT2D eigenvalue weighted by atomic mass is 16.5. The third-order valence-corrected chi connectivity index (χ3v) is 7.06. The Bertz CT molecular complexity index is 1170. The first-order chi connectivity index (χ1) is 19.7. The van der Waals surface area contributed by atoms with Crippen molar-refractivity contribution in [3.8, 4) is 34.8 Å². The van der Waals surface area contributed by atoms with E-state index in [4.69, 9.17) is 28.4 Å². The largest absolute Gasteiger partial charge is 0.493 e. The average Bonchev–Trinajstić information content (AvgIpc) is 2.99. The number of nitriles is 1. The van der Waals surface area contributed by atoms with Crippen LogP contribution < -0.4 is 23.7 Å². The van der Waals surface area contributed by atoms with Gasteiger partial charge in [0, 0.05) is 0 Å². The van der Waals surface area contributed by atoms with Crippen LogP contribution in [-0.2, 0) is 9.53 Å². The number of carbonyl (C=O) groups excluding carboxylic acids is 1. The fourth-order valence-electron chi connectivity index (χ4n) is 4.07. The lowest BCUT2D eigenvalue weighted by Gasteiger charge is -2.20. The van der Waals surface area contributed by atoms with Gasteiger partial charge in [0.25, 0.3) is 0 Å². The standard InChI is InChI=1S/C33H45NO7/c1-8-33(2,3)32(35)41-18-14-12-10-9-11-13-17-40-27-16-15-24(20-28(27)36-4)19-26(23-34)25-21-29(37-5)31(39-7)30(22-25)38-6/h15-16,19-22H,8-14,17-18H2,1-7H3/b26-19+. The first-order valence-electron chi connectivity index (χ1n) is 14.1. The maximum Gasteiger partial charge on any atom is 0.311 e. The van der Waals surface area contributed by atoms with Crippen molar-refractivity contribution in [1.29, 1.82) is 5.26 Å². The molecule has 0 fully saturated rings. The van der Waals surface area contributed by atoms with E-state index in [1.54, 1.807) is 25.3 Å². The first-order valence-corrected chi connectivity index (χ1v) is 14.1. The zero-order valence-corrected chi connectivity index (χ0v) is 25.6. The number of methoxy groups -OCH3 is 4. The summed E-state index contributed by atoms with van der Waals surface area (Å²) in [6, 6.07) is 11.3. The third-order valence-electron chi connectivity index (χ3n) is 7.06. The van der Waals surface area contributed by atoms with Crippen LogP contribution in [0.4, 0.5) is 0 Å². The van der Waals surface area contributed by atoms with Gasteiger partial charge in [-0.1, -0.05) is 38.7 Å². The molecule has 0 aromatic heterocycles. The van der Waals surface area contributed by atoms with Gasteiger partial charge in [0.15, 0.2) is 23.0 Å². The fraction of sp³-hybridized carbons (Fsp3) is 0.515. The predicted molar refractivity (Wildman–Crippen MR) is 161 cm³/mol. The molecule has 0 radical (unpaired) electrons. The van der Waals surface area contributed by atoms with Crippen LogP contribution >= 0.6 is 0 Å². The summed E-state index contributed by atoms with van der Waals surface area (Å²) in [6.45, 7) is 6.92. The summed E-state index contributed by atoms with van der Waals surface area (Å²) in [5.41, 5.74) is 1.47. The van der Waals surface area contributed by atoms with Crippen molar-refractivity contribution in [2.24, 2.45) is 5.41 Å². The van der Waals surface area contributed by atoms with Gasteiger partial charge in [-0.25, -0.2) is 0 Å². The highest BCUT2D eigenvalue weighted by Crippen LogP contribution is 2.40. The molecule has 0 saturated carbocycles. The summed E-state index contributed by atoms with van der Waals surface area (Å²) in [5, 5.41) is 9.88. The summed E-state index contributed by atoms with van der Waals surface area (Å²) < 4.78 is 33.2. The van der Waals surface area contributed by atoms with E-state index in [-0.39, 0.29) is 5.97 Å². The molecule has 0 amide bonds. The molecular weight excluding hydrogens is 522 g/mol. The lowest BCUT2D eigenvalue weighted by Crippen LogP contribution is -2.26. The van der Waals surface area contributed by atoms with E-state index < -0.39 is 5.41 Å². The van der Waals surface area contributed by atoms with Crippen LogP contribution in [0.5, 0.6) is 28.7 Å².